The maximum absolute atomic E-state index is 12.3. The minimum atomic E-state index is -0.346. The molecule has 5 nitrogen and oxygen atoms in total. The Labute approximate surface area is 118 Å². The summed E-state index contributed by atoms with van der Waals surface area (Å²) in [6, 6.07) is 0. The Kier molecular flexibility index (Phi) is 3.96. The minimum Gasteiger partial charge on any atom is -0.370 e. The molecule has 0 saturated carbocycles. The zero-order valence-electron chi connectivity index (χ0n) is 11.0. The van der Waals surface area contributed by atoms with E-state index in [2.05, 4.69) is 4.98 Å². The quantitative estimate of drug-likeness (QED) is 0.686. The van der Waals surface area contributed by atoms with E-state index in [0.29, 0.717) is 16.3 Å². The van der Waals surface area contributed by atoms with Gasteiger partial charge in [-0.15, -0.1) is 11.3 Å². The fourth-order valence-corrected chi connectivity index (χ4v) is 3.72. The van der Waals surface area contributed by atoms with Crippen LogP contribution in [0.1, 0.15) is 16.9 Å². The fraction of sp³-hybridized carbons (Fsp3) is 0.417. The third-order valence-electron chi connectivity index (χ3n) is 2.95. The maximum Gasteiger partial charge on any atom is 0.262 e. The Morgan fingerprint density at radius 3 is 2.79 bits per heavy atom. The molecule has 19 heavy (non-hydrogen) atoms. The summed E-state index contributed by atoms with van der Waals surface area (Å²) in [5.41, 5.74) is 6.07. The summed E-state index contributed by atoms with van der Waals surface area (Å²) in [4.78, 5) is 29.4. The molecule has 0 fully saturated rings. The van der Waals surface area contributed by atoms with Gasteiger partial charge in [0.2, 0.25) is 5.91 Å². The van der Waals surface area contributed by atoms with Crippen LogP contribution < -0.4 is 11.3 Å². The van der Waals surface area contributed by atoms with E-state index in [1.165, 1.54) is 27.7 Å². The first-order chi connectivity index (χ1) is 8.91. The number of nitrogens with zero attached hydrogens (tertiary/aromatic N) is 2. The predicted molar refractivity (Wildman–Crippen MR) is 78.9 cm³/mol. The van der Waals surface area contributed by atoms with Crippen molar-refractivity contribution in [1.29, 1.82) is 0 Å². The molecule has 102 valence electrons. The Balaban J connectivity index is 2.44. The second-order valence-corrected chi connectivity index (χ2v) is 6.55. The van der Waals surface area contributed by atoms with Crippen LogP contribution >= 0.6 is 23.1 Å². The zero-order valence-corrected chi connectivity index (χ0v) is 12.7. The molecule has 7 heteroatoms. The number of rotatable bonds is 4. The summed E-state index contributed by atoms with van der Waals surface area (Å²) in [6.45, 7) is 3.93. The summed E-state index contributed by atoms with van der Waals surface area (Å²) in [5.74, 6) is 0.186. The standard InChI is InChI=1S/C12H15N3O2S2/c1-6-7(2)19-10-9(6)11(17)15(3)12(14-10)18-5-4-8(13)16/h4-5H2,1-3H3,(H2,13,16). The van der Waals surface area contributed by atoms with Crippen molar-refractivity contribution < 1.29 is 4.79 Å². The number of aromatic nitrogens is 2. The molecule has 0 aliphatic carbocycles. The molecule has 0 unspecified atom stereocenters. The molecule has 2 aromatic rings. The molecule has 0 radical (unpaired) electrons. The van der Waals surface area contributed by atoms with Gasteiger partial charge in [-0.1, -0.05) is 11.8 Å². The number of thioether (sulfide) groups is 1. The van der Waals surface area contributed by atoms with E-state index in [-0.39, 0.29) is 17.9 Å². The molecular formula is C12H15N3O2S2. The monoisotopic (exact) mass is 297 g/mol. The normalized spacial score (nSPS) is 11.1. The van der Waals surface area contributed by atoms with E-state index in [9.17, 15) is 9.59 Å². The molecule has 0 spiro atoms. The number of nitrogens with two attached hydrogens (primary N) is 1. The molecule has 2 heterocycles. The van der Waals surface area contributed by atoms with Crippen LogP contribution in [0.2, 0.25) is 0 Å². The van der Waals surface area contributed by atoms with Crippen LogP contribution in [0, 0.1) is 13.8 Å². The molecule has 0 saturated heterocycles. The first-order valence-electron chi connectivity index (χ1n) is 5.79. The van der Waals surface area contributed by atoms with E-state index in [0.717, 1.165) is 15.3 Å². The van der Waals surface area contributed by atoms with Crippen molar-refractivity contribution >= 4 is 39.2 Å². The summed E-state index contributed by atoms with van der Waals surface area (Å²) < 4.78 is 1.53. The highest BCUT2D eigenvalue weighted by molar-refractivity contribution is 7.99. The van der Waals surface area contributed by atoms with Crippen LogP contribution in [0.5, 0.6) is 0 Å². The Bertz CT molecular complexity index is 703. The van der Waals surface area contributed by atoms with Crippen LogP contribution in [-0.4, -0.2) is 21.2 Å². The highest BCUT2D eigenvalue weighted by Gasteiger charge is 2.14. The second kappa shape index (κ2) is 5.34. The lowest BCUT2D eigenvalue weighted by molar-refractivity contribution is -0.117. The number of fused-ring (bicyclic) bond motifs is 1. The van der Waals surface area contributed by atoms with Crippen LogP contribution in [0.25, 0.3) is 10.2 Å². The van der Waals surface area contributed by atoms with Crippen molar-refractivity contribution in [1.82, 2.24) is 9.55 Å². The number of hydrogen-bond acceptors (Lipinski definition) is 5. The van der Waals surface area contributed by atoms with Crippen molar-refractivity contribution in [3.05, 3.63) is 20.8 Å². The van der Waals surface area contributed by atoms with Crippen LogP contribution in [0.15, 0.2) is 9.95 Å². The van der Waals surface area contributed by atoms with Crippen molar-refractivity contribution in [2.75, 3.05) is 5.75 Å². The Morgan fingerprint density at radius 2 is 2.16 bits per heavy atom. The van der Waals surface area contributed by atoms with Gasteiger partial charge in [0.1, 0.15) is 4.83 Å². The maximum atomic E-state index is 12.3. The van der Waals surface area contributed by atoms with Crippen LogP contribution in [0.4, 0.5) is 0 Å². The lowest BCUT2D eigenvalue weighted by atomic mass is 10.2. The SMILES string of the molecule is Cc1sc2nc(SCCC(N)=O)n(C)c(=O)c2c1C. The van der Waals surface area contributed by atoms with E-state index in [1.807, 2.05) is 13.8 Å². The lowest BCUT2D eigenvalue weighted by Crippen LogP contribution is -2.20. The van der Waals surface area contributed by atoms with Crippen LogP contribution in [-0.2, 0) is 11.8 Å². The number of carbonyl (C=O) groups excluding carboxylic acids is 1. The average molecular weight is 297 g/mol. The molecule has 1 amide bonds. The highest BCUT2D eigenvalue weighted by Crippen LogP contribution is 2.28. The summed E-state index contributed by atoms with van der Waals surface area (Å²) in [5, 5.41) is 1.32. The van der Waals surface area contributed by atoms with Gasteiger partial charge in [-0.2, -0.15) is 0 Å². The van der Waals surface area contributed by atoms with Gasteiger partial charge >= 0.3 is 0 Å². The number of thiophene rings is 1. The van der Waals surface area contributed by atoms with Crippen molar-refractivity contribution in [3.8, 4) is 0 Å². The number of hydrogen-bond donors (Lipinski definition) is 1. The number of carbonyl (C=O) groups is 1. The summed E-state index contributed by atoms with van der Waals surface area (Å²) in [6.07, 6.45) is 0.279. The summed E-state index contributed by atoms with van der Waals surface area (Å²) >= 11 is 2.90. The van der Waals surface area contributed by atoms with Crippen molar-refractivity contribution in [3.63, 3.8) is 0 Å². The molecular weight excluding hydrogens is 282 g/mol. The molecule has 0 aliphatic rings. The molecule has 0 atom stereocenters. The van der Waals surface area contributed by atoms with E-state index < -0.39 is 0 Å². The summed E-state index contributed by atoms with van der Waals surface area (Å²) in [7, 11) is 1.70. The van der Waals surface area contributed by atoms with E-state index >= 15 is 0 Å². The molecule has 0 aromatic carbocycles. The Morgan fingerprint density at radius 1 is 1.47 bits per heavy atom. The van der Waals surface area contributed by atoms with Gasteiger partial charge < -0.3 is 5.73 Å². The second-order valence-electron chi connectivity index (χ2n) is 4.29. The van der Waals surface area contributed by atoms with Crippen molar-refractivity contribution in [2.24, 2.45) is 12.8 Å². The smallest absolute Gasteiger partial charge is 0.262 e. The number of primary amides is 1. The molecule has 2 N–H and O–H groups in total. The van der Waals surface area contributed by atoms with Gasteiger partial charge in [-0.3, -0.25) is 14.2 Å². The molecule has 2 aromatic heterocycles. The van der Waals surface area contributed by atoms with Gasteiger partial charge in [0.25, 0.3) is 5.56 Å². The third kappa shape index (κ3) is 2.66. The predicted octanol–water partition coefficient (Wildman–Crippen LogP) is 1.58. The highest BCUT2D eigenvalue weighted by atomic mass is 32.2. The Hall–Kier alpha value is -1.34. The number of amides is 1. The number of aryl methyl sites for hydroxylation is 2. The topological polar surface area (TPSA) is 78.0 Å². The third-order valence-corrected chi connectivity index (χ3v) is 5.08. The molecule has 0 aliphatic heterocycles. The first-order valence-corrected chi connectivity index (χ1v) is 7.60. The largest absolute Gasteiger partial charge is 0.370 e. The van der Waals surface area contributed by atoms with E-state index in [4.69, 9.17) is 5.73 Å². The van der Waals surface area contributed by atoms with Gasteiger partial charge in [0.05, 0.1) is 5.39 Å². The fourth-order valence-electron chi connectivity index (χ4n) is 1.73. The van der Waals surface area contributed by atoms with Crippen molar-refractivity contribution in [2.45, 2.75) is 25.4 Å². The zero-order chi connectivity index (χ0) is 14.2. The van der Waals surface area contributed by atoms with Gasteiger partial charge in [0, 0.05) is 24.1 Å². The minimum absolute atomic E-state index is 0.0339. The van der Waals surface area contributed by atoms with Gasteiger partial charge in [0.15, 0.2) is 5.16 Å². The molecule has 0 bridgehead atoms. The first kappa shape index (κ1) is 14.1. The lowest BCUT2D eigenvalue weighted by Gasteiger charge is -2.06. The average Bonchev–Trinajstić information content (AvgIpc) is 2.61. The van der Waals surface area contributed by atoms with Gasteiger partial charge in [-0.05, 0) is 19.4 Å². The van der Waals surface area contributed by atoms with E-state index in [1.54, 1.807) is 7.05 Å². The molecule has 2 rings (SSSR count). The van der Waals surface area contributed by atoms with Gasteiger partial charge in [-0.25, -0.2) is 4.98 Å². The van der Waals surface area contributed by atoms with Crippen LogP contribution in [0.3, 0.4) is 0 Å².